The number of halogens is 1. The lowest BCUT2D eigenvalue weighted by atomic mass is 9.96. The molecule has 4 aromatic rings. The van der Waals surface area contributed by atoms with Crippen molar-refractivity contribution in [2.75, 3.05) is 6.54 Å². The monoisotopic (exact) mass is 519 g/mol. The minimum Gasteiger partial charge on any atom is -0.505 e. The molecular formula is C25H22BrN5O3. The van der Waals surface area contributed by atoms with Crippen molar-refractivity contribution >= 4 is 39.0 Å². The van der Waals surface area contributed by atoms with E-state index in [1.807, 2.05) is 53.2 Å². The molecule has 1 saturated heterocycles. The topological polar surface area (TPSA) is 92.7 Å². The van der Waals surface area contributed by atoms with E-state index in [9.17, 15) is 14.7 Å². The van der Waals surface area contributed by atoms with Crippen LogP contribution >= 0.6 is 15.9 Å². The number of rotatable bonds is 6. The van der Waals surface area contributed by atoms with Crippen LogP contribution in [0.1, 0.15) is 29.4 Å². The first-order valence-electron chi connectivity index (χ1n) is 10.9. The van der Waals surface area contributed by atoms with Gasteiger partial charge in [-0.3, -0.25) is 14.0 Å². The number of likely N-dealkylation sites (tertiary alicyclic amines) is 1. The number of carbonyl (C=O) groups is 2. The maximum Gasteiger partial charge on any atom is 0.295 e. The van der Waals surface area contributed by atoms with E-state index in [1.54, 1.807) is 34.9 Å². The summed E-state index contributed by atoms with van der Waals surface area (Å²) >= 11 is 3.49. The highest BCUT2D eigenvalue weighted by Crippen LogP contribution is 2.40. The van der Waals surface area contributed by atoms with Crippen molar-refractivity contribution in [2.45, 2.75) is 25.9 Å². The number of benzene rings is 1. The highest BCUT2D eigenvalue weighted by Gasteiger charge is 2.46. The van der Waals surface area contributed by atoms with Gasteiger partial charge in [0.05, 0.1) is 23.6 Å². The third-order valence-electron chi connectivity index (χ3n) is 6.01. The van der Waals surface area contributed by atoms with Gasteiger partial charge in [0, 0.05) is 36.2 Å². The number of carbonyl (C=O) groups excluding carboxylic acids is 2. The van der Waals surface area contributed by atoms with Gasteiger partial charge in [-0.1, -0.05) is 34.1 Å². The van der Waals surface area contributed by atoms with Gasteiger partial charge >= 0.3 is 0 Å². The Kier molecular flexibility index (Phi) is 5.79. The van der Waals surface area contributed by atoms with Crippen LogP contribution in [-0.2, 0) is 16.1 Å². The fourth-order valence-corrected chi connectivity index (χ4v) is 4.92. The maximum absolute atomic E-state index is 13.3. The van der Waals surface area contributed by atoms with Crippen LogP contribution in [0.3, 0.4) is 0 Å². The van der Waals surface area contributed by atoms with Crippen molar-refractivity contribution in [3.63, 3.8) is 0 Å². The van der Waals surface area contributed by atoms with Crippen molar-refractivity contribution in [1.29, 1.82) is 0 Å². The Morgan fingerprint density at radius 3 is 2.74 bits per heavy atom. The SMILES string of the molecule is Cc1nc2ccccn2c1/C(O)=C1\C(=O)C(=O)N(CCCn2ccnc2)C1c1cccc(Br)c1. The summed E-state index contributed by atoms with van der Waals surface area (Å²) in [6.07, 6.45) is 7.68. The molecule has 1 aliphatic rings. The van der Waals surface area contributed by atoms with Crippen LogP contribution in [0.15, 0.2) is 77.4 Å². The Morgan fingerprint density at radius 2 is 1.97 bits per heavy atom. The van der Waals surface area contributed by atoms with Gasteiger partial charge in [0.2, 0.25) is 0 Å². The lowest BCUT2D eigenvalue weighted by Gasteiger charge is -2.25. The molecule has 5 rings (SSSR count). The van der Waals surface area contributed by atoms with Crippen molar-refractivity contribution in [1.82, 2.24) is 23.8 Å². The molecule has 34 heavy (non-hydrogen) atoms. The molecule has 3 aromatic heterocycles. The van der Waals surface area contributed by atoms with Crippen LogP contribution in [0.4, 0.5) is 0 Å². The zero-order valence-electron chi connectivity index (χ0n) is 18.4. The van der Waals surface area contributed by atoms with Crippen molar-refractivity contribution in [3.8, 4) is 0 Å². The molecule has 0 bridgehead atoms. The summed E-state index contributed by atoms with van der Waals surface area (Å²) < 4.78 is 4.47. The van der Waals surface area contributed by atoms with Gasteiger partial charge < -0.3 is 14.6 Å². The van der Waals surface area contributed by atoms with Gasteiger partial charge in [0.25, 0.3) is 11.7 Å². The number of hydrogen-bond donors (Lipinski definition) is 1. The van der Waals surface area contributed by atoms with Gasteiger partial charge in [-0.15, -0.1) is 0 Å². The minimum absolute atomic E-state index is 0.0690. The average Bonchev–Trinajstić information content (AvgIpc) is 3.51. The summed E-state index contributed by atoms with van der Waals surface area (Å²) in [5, 5.41) is 11.5. The van der Waals surface area contributed by atoms with E-state index in [-0.39, 0.29) is 11.3 Å². The van der Waals surface area contributed by atoms with E-state index in [1.165, 1.54) is 0 Å². The maximum atomic E-state index is 13.3. The number of nitrogens with zero attached hydrogens (tertiary/aromatic N) is 5. The summed E-state index contributed by atoms with van der Waals surface area (Å²) in [4.78, 5) is 36.6. The first kappa shape index (κ1) is 22.1. The van der Waals surface area contributed by atoms with Gasteiger partial charge in [-0.25, -0.2) is 9.97 Å². The van der Waals surface area contributed by atoms with Crippen molar-refractivity contribution in [3.05, 3.63) is 94.4 Å². The smallest absolute Gasteiger partial charge is 0.295 e. The number of fused-ring (bicyclic) bond motifs is 1. The number of Topliss-reactive ketones (excluding diaryl/α,β-unsaturated/α-hetero) is 1. The standard InChI is InChI=1S/C25H22BrN5O3/c1-16-21(30-11-3-2-8-19(30)28-16)23(32)20-22(17-6-4-7-18(26)14-17)31(25(34)24(20)33)12-5-10-29-13-9-27-15-29/h2-4,6-9,11,13-15,22,32H,5,10,12H2,1H3/b23-20+. The largest absolute Gasteiger partial charge is 0.505 e. The predicted octanol–water partition coefficient (Wildman–Crippen LogP) is 4.11. The lowest BCUT2D eigenvalue weighted by molar-refractivity contribution is -0.139. The summed E-state index contributed by atoms with van der Waals surface area (Å²) in [6, 6.07) is 12.2. The molecule has 1 amide bonds. The van der Waals surface area contributed by atoms with E-state index in [0.29, 0.717) is 36.5 Å². The number of pyridine rings is 1. The van der Waals surface area contributed by atoms with Crippen molar-refractivity contribution in [2.24, 2.45) is 0 Å². The fourth-order valence-electron chi connectivity index (χ4n) is 4.50. The van der Waals surface area contributed by atoms with Gasteiger partial charge in [-0.05, 0) is 43.2 Å². The number of aliphatic hydroxyl groups is 1. The van der Waals surface area contributed by atoms with Gasteiger partial charge in [0.1, 0.15) is 11.3 Å². The van der Waals surface area contributed by atoms with E-state index in [4.69, 9.17) is 0 Å². The Morgan fingerprint density at radius 1 is 1.12 bits per heavy atom. The molecule has 0 radical (unpaired) electrons. The molecular weight excluding hydrogens is 498 g/mol. The van der Waals surface area contributed by atoms with Crippen LogP contribution in [-0.4, -0.2) is 47.2 Å². The Balaban J connectivity index is 1.61. The minimum atomic E-state index is -0.714. The quantitative estimate of drug-likeness (QED) is 0.235. The number of aromatic nitrogens is 4. The van der Waals surface area contributed by atoms with E-state index >= 15 is 0 Å². The average molecular weight is 520 g/mol. The predicted molar refractivity (Wildman–Crippen MR) is 130 cm³/mol. The Labute approximate surface area is 204 Å². The molecule has 1 aliphatic heterocycles. The van der Waals surface area contributed by atoms with Gasteiger partial charge in [-0.2, -0.15) is 0 Å². The van der Waals surface area contributed by atoms with E-state index in [2.05, 4.69) is 25.9 Å². The molecule has 0 aliphatic carbocycles. The molecule has 4 heterocycles. The second-order valence-electron chi connectivity index (χ2n) is 8.18. The number of ketones is 1. The molecule has 1 unspecified atom stereocenters. The van der Waals surface area contributed by atoms with Crippen LogP contribution in [0.2, 0.25) is 0 Å². The van der Waals surface area contributed by atoms with Crippen LogP contribution < -0.4 is 0 Å². The lowest BCUT2D eigenvalue weighted by Crippen LogP contribution is -2.31. The molecule has 9 heteroatoms. The highest BCUT2D eigenvalue weighted by atomic mass is 79.9. The number of amides is 1. The normalized spacial score (nSPS) is 17.7. The molecule has 0 spiro atoms. The summed E-state index contributed by atoms with van der Waals surface area (Å²) in [5.74, 6) is -1.55. The number of aliphatic hydroxyl groups excluding tert-OH is 1. The molecule has 1 N–H and O–H groups in total. The molecule has 1 aromatic carbocycles. The molecule has 1 atom stereocenters. The first-order valence-corrected chi connectivity index (χ1v) is 11.7. The Hall–Kier alpha value is -3.72. The second-order valence-corrected chi connectivity index (χ2v) is 9.09. The fraction of sp³-hybridized carbons (Fsp3) is 0.200. The summed E-state index contributed by atoms with van der Waals surface area (Å²) in [6.45, 7) is 2.78. The molecule has 172 valence electrons. The van der Waals surface area contributed by atoms with Crippen molar-refractivity contribution < 1.29 is 14.7 Å². The highest BCUT2D eigenvalue weighted by molar-refractivity contribution is 9.10. The second kappa shape index (κ2) is 8.90. The molecule has 8 nitrogen and oxygen atoms in total. The third kappa shape index (κ3) is 3.81. The van der Waals surface area contributed by atoms with E-state index in [0.717, 1.165) is 10.0 Å². The molecule has 0 saturated carbocycles. The van der Waals surface area contributed by atoms with E-state index < -0.39 is 17.7 Å². The van der Waals surface area contributed by atoms with Crippen LogP contribution in [0.25, 0.3) is 11.4 Å². The van der Waals surface area contributed by atoms with Gasteiger partial charge in [0.15, 0.2) is 5.76 Å². The number of hydrogen-bond acceptors (Lipinski definition) is 5. The zero-order chi connectivity index (χ0) is 23.8. The molecule has 1 fully saturated rings. The third-order valence-corrected chi connectivity index (χ3v) is 6.50. The summed E-state index contributed by atoms with van der Waals surface area (Å²) in [5.41, 5.74) is 2.44. The van der Waals surface area contributed by atoms with Crippen LogP contribution in [0.5, 0.6) is 0 Å². The van der Waals surface area contributed by atoms with Crippen LogP contribution in [0, 0.1) is 6.92 Å². The zero-order valence-corrected chi connectivity index (χ0v) is 20.0. The number of aryl methyl sites for hydroxylation is 2. The Bertz CT molecular complexity index is 1420. The summed E-state index contributed by atoms with van der Waals surface area (Å²) in [7, 11) is 0. The first-order chi connectivity index (χ1) is 16.5. The number of imidazole rings is 2.